The lowest BCUT2D eigenvalue weighted by Crippen LogP contribution is -2.22. The summed E-state index contributed by atoms with van der Waals surface area (Å²) in [4.78, 5) is 2.23. The lowest BCUT2D eigenvalue weighted by Gasteiger charge is -2.23. The Balaban J connectivity index is 2.70. The summed E-state index contributed by atoms with van der Waals surface area (Å²) < 4.78 is 5.05. The van der Waals surface area contributed by atoms with Crippen LogP contribution in [0.25, 0.3) is 0 Å². The third kappa shape index (κ3) is 3.51. The van der Waals surface area contributed by atoms with Gasteiger partial charge in [-0.15, -0.1) is 0 Å². The van der Waals surface area contributed by atoms with E-state index in [1.54, 1.807) is 7.11 Å². The predicted octanol–water partition coefficient (Wildman–Crippen LogP) is 2.18. The Morgan fingerprint density at radius 3 is 2.69 bits per heavy atom. The largest absolute Gasteiger partial charge is 0.385 e. The summed E-state index contributed by atoms with van der Waals surface area (Å²) in [6.07, 6.45) is 1.03. The summed E-state index contributed by atoms with van der Waals surface area (Å²) in [6.45, 7) is 3.80. The van der Waals surface area contributed by atoms with Gasteiger partial charge in [0, 0.05) is 39.0 Å². The molecule has 0 aromatic heterocycles. The van der Waals surface area contributed by atoms with Crippen molar-refractivity contribution in [1.82, 2.24) is 0 Å². The van der Waals surface area contributed by atoms with E-state index in [2.05, 4.69) is 24.1 Å². The van der Waals surface area contributed by atoms with Gasteiger partial charge in [0.1, 0.15) is 0 Å². The number of hydrogen-bond acceptors (Lipinski definition) is 3. The van der Waals surface area contributed by atoms with Crippen molar-refractivity contribution in [1.29, 1.82) is 0 Å². The molecule has 0 spiro atoms. The first-order valence-corrected chi connectivity index (χ1v) is 5.71. The molecule has 0 aliphatic rings. The van der Waals surface area contributed by atoms with E-state index in [1.807, 2.05) is 19.1 Å². The Labute approximate surface area is 98.2 Å². The van der Waals surface area contributed by atoms with Gasteiger partial charge in [-0.05, 0) is 25.0 Å². The molecule has 0 unspecified atom stereocenters. The monoisotopic (exact) mass is 222 g/mol. The van der Waals surface area contributed by atoms with E-state index in [1.165, 1.54) is 11.3 Å². The first-order valence-electron chi connectivity index (χ1n) is 5.71. The topological polar surface area (TPSA) is 38.5 Å². The zero-order valence-corrected chi connectivity index (χ0v) is 10.4. The lowest BCUT2D eigenvalue weighted by atomic mass is 10.1. The smallest absolute Gasteiger partial charge is 0.0479 e. The van der Waals surface area contributed by atoms with Gasteiger partial charge in [-0.3, -0.25) is 0 Å². The number of hydrogen-bond donors (Lipinski definition) is 1. The molecule has 0 radical (unpaired) electrons. The van der Waals surface area contributed by atoms with Crippen LogP contribution in [0.4, 0.5) is 5.69 Å². The average molecular weight is 222 g/mol. The predicted molar refractivity (Wildman–Crippen MR) is 68.8 cm³/mol. The Morgan fingerprint density at radius 1 is 1.38 bits per heavy atom. The highest BCUT2D eigenvalue weighted by Gasteiger charge is 2.09. The van der Waals surface area contributed by atoms with Crippen molar-refractivity contribution < 1.29 is 4.74 Å². The van der Waals surface area contributed by atoms with Crippen LogP contribution in [0.2, 0.25) is 0 Å². The number of anilines is 1. The molecule has 1 rings (SSSR count). The van der Waals surface area contributed by atoms with Crippen molar-refractivity contribution in [3.05, 3.63) is 29.8 Å². The van der Waals surface area contributed by atoms with Crippen LogP contribution in [0.3, 0.4) is 0 Å². The molecule has 0 bridgehead atoms. The molecule has 16 heavy (non-hydrogen) atoms. The quantitative estimate of drug-likeness (QED) is 0.750. The van der Waals surface area contributed by atoms with E-state index in [4.69, 9.17) is 10.5 Å². The molecule has 0 saturated heterocycles. The van der Waals surface area contributed by atoms with Gasteiger partial charge < -0.3 is 15.4 Å². The van der Waals surface area contributed by atoms with Crippen LogP contribution in [-0.2, 0) is 4.74 Å². The Morgan fingerprint density at radius 2 is 2.06 bits per heavy atom. The fourth-order valence-corrected chi connectivity index (χ4v) is 1.79. The highest BCUT2D eigenvalue weighted by atomic mass is 16.5. The summed E-state index contributed by atoms with van der Waals surface area (Å²) in [6, 6.07) is 8.36. The molecule has 90 valence electrons. The molecule has 1 atom stereocenters. The van der Waals surface area contributed by atoms with Gasteiger partial charge in [0.25, 0.3) is 0 Å². The normalized spacial score (nSPS) is 12.5. The Kier molecular flexibility index (Phi) is 5.29. The van der Waals surface area contributed by atoms with Gasteiger partial charge in [-0.25, -0.2) is 0 Å². The van der Waals surface area contributed by atoms with E-state index in [0.717, 1.165) is 19.6 Å². The highest BCUT2D eigenvalue weighted by Crippen LogP contribution is 2.23. The van der Waals surface area contributed by atoms with Crippen molar-refractivity contribution >= 4 is 5.69 Å². The number of nitrogens with two attached hydrogens (primary N) is 1. The third-order valence-corrected chi connectivity index (χ3v) is 2.68. The summed E-state index contributed by atoms with van der Waals surface area (Å²) in [5.41, 5.74) is 8.37. The molecule has 3 nitrogen and oxygen atoms in total. The third-order valence-electron chi connectivity index (χ3n) is 2.68. The minimum Gasteiger partial charge on any atom is -0.385 e. The number of ether oxygens (including phenoxy) is 1. The van der Waals surface area contributed by atoms with E-state index >= 15 is 0 Å². The lowest BCUT2D eigenvalue weighted by molar-refractivity contribution is 0.196. The van der Waals surface area contributed by atoms with Crippen molar-refractivity contribution in [3.8, 4) is 0 Å². The molecular weight excluding hydrogens is 200 g/mol. The van der Waals surface area contributed by atoms with E-state index in [0.29, 0.717) is 0 Å². The van der Waals surface area contributed by atoms with Gasteiger partial charge in [0.05, 0.1) is 0 Å². The molecule has 1 aromatic carbocycles. The van der Waals surface area contributed by atoms with Gasteiger partial charge >= 0.3 is 0 Å². The number of nitrogens with zero attached hydrogens (tertiary/aromatic N) is 1. The zero-order valence-electron chi connectivity index (χ0n) is 10.4. The van der Waals surface area contributed by atoms with Crippen molar-refractivity contribution in [2.75, 3.05) is 32.2 Å². The fourth-order valence-electron chi connectivity index (χ4n) is 1.79. The molecule has 0 heterocycles. The van der Waals surface area contributed by atoms with Crippen LogP contribution >= 0.6 is 0 Å². The second-order valence-electron chi connectivity index (χ2n) is 4.12. The summed E-state index contributed by atoms with van der Waals surface area (Å²) >= 11 is 0. The van der Waals surface area contributed by atoms with Crippen LogP contribution in [-0.4, -0.2) is 27.3 Å². The van der Waals surface area contributed by atoms with E-state index < -0.39 is 0 Å². The van der Waals surface area contributed by atoms with Crippen LogP contribution in [0.5, 0.6) is 0 Å². The van der Waals surface area contributed by atoms with Crippen LogP contribution in [0.15, 0.2) is 24.3 Å². The summed E-state index contributed by atoms with van der Waals surface area (Å²) in [7, 11) is 3.83. The standard InChI is InChI=1S/C13H22N2O/c1-11(14)12-7-4-5-8-13(12)15(2)9-6-10-16-3/h4-5,7-8,11H,6,9-10,14H2,1-3H3/t11-/m1/s1. The first kappa shape index (κ1) is 13.0. The van der Waals surface area contributed by atoms with E-state index in [9.17, 15) is 0 Å². The maximum Gasteiger partial charge on any atom is 0.0479 e. The minimum atomic E-state index is 0.0704. The molecule has 0 aliphatic heterocycles. The second-order valence-corrected chi connectivity index (χ2v) is 4.12. The SMILES string of the molecule is COCCCN(C)c1ccccc1[C@@H](C)N. The fraction of sp³-hybridized carbons (Fsp3) is 0.538. The zero-order chi connectivity index (χ0) is 12.0. The molecule has 1 aromatic rings. The van der Waals surface area contributed by atoms with Gasteiger partial charge in [0.2, 0.25) is 0 Å². The van der Waals surface area contributed by atoms with Crippen LogP contribution < -0.4 is 10.6 Å². The Hall–Kier alpha value is -1.06. The summed E-state index contributed by atoms with van der Waals surface area (Å²) in [5.74, 6) is 0. The van der Waals surface area contributed by atoms with Crippen LogP contribution in [0.1, 0.15) is 24.9 Å². The minimum absolute atomic E-state index is 0.0704. The molecule has 0 amide bonds. The maximum absolute atomic E-state index is 5.96. The number of methoxy groups -OCH3 is 1. The Bertz CT molecular complexity index is 313. The molecular formula is C13H22N2O. The highest BCUT2D eigenvalue weighted by molar-refractivity contribution is 5.54. The molecule has 3 heteroatoms. The van der Waals surface area contributed by atoms with Crippen LogP contribution in [0, 0.1) is 0 Å². The number of rotatable bonds is 6. The first-order chi connectivity index (χ1) is 7.66. The molecule has 0 fully saturated rings. The number of benzene rings is 1. The molecule has 0 aliphatic carbocycles. The number of para-hydroxylation sites is 1. The van der Waals surface area contributed by atoms with E-state index in [-0.39, 0.29) is 6.04 Å². The van der Waals surface area contributed by atoms with Gasteiger partial charge in [-0.1, -0.05) is 18.2 Å². The summed E-state index contributed by atoms with van der Waals surface area (Å²) in [5, 5.41) is 0. The van der Waals surface area contributed by atoms with Crippen molar-refractivity contribution in [2.24, 2.45) is 5.73 Å². The second kappa shape index (κ2) is 6.51. The molecule has 0 saturated carbocycles. The molecule has 2 N–H and O–H groups in total. The van der Waals surface area contributed by atoms with Gasteiger partial charge in [0.15, 0.2) is 0 Å². The van der Waals surface area contributed by atoms with Crippen molar-refractivity contribution in [2.45, 2.75) is 19.4 Å². The van der Waals surface area contributed by atoms with Gasteiger partial charge in [-0.2, -0.15) is 0 Å². The van der Waals surface area contributed by atoms with Crippen molar-refractivity contribution in [3.63, 3.8) is 0 Å². The average Bonchev–Trinajstić information content (AvgIpc) is 2.29. The maximum atomic E-state index is 5.96.